The van der Waals surface area contributed by atoms with E-state index in [1.807, 2.05) is 0 Å². The second kappa shape index (κ2) is 5.18. The predicted molar refractivity (Wildman–Crippen MR) is 59.1 cm³/mol. The summed E-state index contributed by atoms with van der Waals surface area (Å²) in [6.07, 6.45) is -3.63. The van der Waals surface area contributed by atoms with Crippen molar-refractivity contribution in [2.24, 2.45) is 0 Å². The smallest absolute Gasteiger partial charge is 0.311 e. The molecule has 0 saturated heterocycles. The van der Waals surface area contributed by atoms with Gasteiger partial charge in [0.05, 0.1) is 5.69 Å². The molecule has 0 radical (unpaired) electrons. The molecule has 0 aliphatic carbocycles. The second-order valence-electron chi connectivity index (χ2n) is 3.69. The molecule has 7 heteroatoms. The lowest BCUT2D eigenvalue weighted by atomic mass is 10.0. The largest absolute Gasteiger partial charge is 0.433 e. The monoisotopic (exact) mass is 267 g/mol. The van der Waals surface area contributed by atoms with Crippen LogP contribution in [0.2, 0.25) is 0 Å². The number of nitrogens with one attached hydrogen (secondary N) is 1. The first-order valence-electron chi connectivity index (χ1n) is 5.19. The van der Waals surface area contributed by atoms with Crippen molar-refractivity contribution in [3.8, 4) is 0 Å². The Balaban J connectivity index is 0.00000144. The van der Waals surface area contributed by atoms with Gasteiger partial charge in [-0.2, -0.15) is 13.2 Å². The maximum Gasteiger partial charge on any atom is 0.433 e. The molecule has 0 spiro atoms. The zero-order valence-corrected chi connectivity index (χ0v) is 10.1. The number of alkyl halides is 3. The summed E-state index contributed by atoms with van der Waals surface area (Å²) in [5.74, 6) is 0.259. The Kier molecular flexibility index (Phi) is 4.32. The van der Waals surface area contributed by atoms with Crippen LogP contribution in [0.1, 0.15) is 29.7 Å². The van der Waals surface area contributed by atoms with Gasteiger partial charge in [-0.1, -0.05) is 6.92 Å². The third-order valence-corrected chi connectivity index (χ3v) is 2.57. The number of aryl methyl sites for hydroxylation is 1. The Morgan fingerprint density at radius 3 is 2.59 bits per heavy atom. The van der Waals surface area contributed by atoms with Crippen molar-refractivity contribution in [3.63, 3.8) is 0 Å². The number of halogens is 4. The van der Waals surface area contributed by atoms with Crippen LogP contribution in [0.25, 0.3) is 0 Å². The summed E-state index contributed by atoms with van der Waals surface area (Å²) >= 11 is 0. The van der Waals surface area contributed by atoms with Crippen LogP contribution in [0.15, 0.2) is 0 Å². The molecule has 0 aromatic carbocycles. The molecule has 1 N–H and O–H groups in total. The van der Waals surface area contributed by atoms with Crippen LogP contribution >= 0.6 is 12.4 Å². The number of nitrogens with zero attached hydrogens (tertiary/aromatic N) is 2. The van der Waals surface area contributed by atoms with E-state index < -0.39 is 11.9 Å². The van der Waals surface area contributed by atoms with Gasteiger partial charge in [-0.05, 0) is 13.0 Å². The van der Waals surface area contributed by atoms with Gasteiger partial charge in [-0.25, -0.2) is 9.97 Å². The summed E-state index contributed by atoms with van der Waals surface area (Å²) in [5, 5.41) is 3.01. The molecule has 0 unspecified atom stereocenters. The zero-order chi connectivity index (χ0) is 11.8. The fraction of sp³-hybridized carbons (Fsp3) is 0.600. The Labute approximate surface area is 103 Å². The van der Waals surface area contributed by atoms with Crippen molar-refractivity contribution in [3.05, 3.63) is 22.8 Å². The van der Waals surface area contributed by atoms with E-state index in [9.17, 15) is 13.2 Å². The van der Waals surface area contributed by atoms with Gasteiger partial charge in [-0.3, -0.25) is 0 Å². The van der Waals surface area contributed by atoms with Gasteiger partial charge < -0.3 is 5.32 Å². The average molecular weight is 268 g/mol. The lowest BCUT2D eigenvalue weighted by Crippen LogP contribution is -2.29. The van der Waals surface area contributed by atoms with Gasteiger partial charge in [0.2, 0.25) is 0 Å². The standard InChI is InChI=1S/C10H12F3N3.ClH/c1-2-8-15-7-5-14-4-3-6(7)9(16-8)10(11,12)13;/h14H,2-5H2,1H3;1H. The number of rotatable bonds is 1. The molecule has 1 aromatic rings. The first-order valence-corrected chi connectivity index (χ1v) is 5.19. The van der Waals surface area contributed by atoms with E-state index in [0.717, 1.165) is 0 Å². The molecule has 3 nitrogen and oxygen atoms in total. The third kappa shape index (κ3) is 2.87. The Hall–Kier alpha value is -0.880. The lowest BCUT2D eigenvalue weighted by Gasteiger charge is -2.20. The van der Waals surface area contributed by atoms with Crippen LogP contribution in [0.5, 0.6) is 0 Å². The predicted octanol–water partition coefficient (Wildman–Crippen LogP) is 2.13. The van der Waals surface area contributed by atoms with Crippen LogP contribution in [0, 0.1) is 0 Å². The van der Waals surface area contributed by atoms with Crippen molar-refractivity contribution in [2.75, 3.05) is 6.54 Å². The molecule has 1 aromatic heterocycles. The first kappa shape index (κ1) is 14.2. The molecule has 2 heterocycles. The second-order valence-corrected chi connectivity index (χ2v) is 3.69. The van der Waals surface area contributed by atoms with Crippen LogP contribution in [0.3, 0.4) is 0 Å². The molecule has 0 amide bonds. The van der Waals surface area contributed by atoms with Crippen LogP contribution in [0.4, 0.5) is 13.2 Å². The maximum atomic E-state index is 12.8. The minimum atomic E-state index is -4.38. The fourth-order valence-electron chi connectivity index (χ4n) is 1.80. The number of hydrogen-bond acceptors (Lipinski definition) is 3. The molecule has 1 aliphatic heterocycles. The Bertz CT molecular complexity index is 407. The van der Waals surface area contributed by atoms with E-state index in [1.54, 1.807) is 6.92 Å². The molecule has 1 aliphatic rings. The van der Waals surface area contributed by atoms with E-state index in [2.05, 4.69) is 15.3 Å². The SMILES string of the molecule is CCc1nc2c(c(C(F)(F)F)n1)CCNC2.Cl. The molecule has 96 valence electrons. The highest BCUT2D eigenvalue weighted by molar-refractivity contribution is 5.85. The molecule has 17 heavy (non-hydrogen) atoms. The van der Waals surface area contributed by atoms with Crippen molar-refractivity contribution < 1.29 is 13.2 Å². The van der Waals surface area contributed by atoms with Gasteiger partial charge in [-0.15, -0.1) is 12.4 Å². The highest BCUT2D eigenvalue weighted by Gasteiger charge is 2.37. The van der Waals surface area contributed by atoms with E-state index in [4.69, 9.17) is 0 Å². The lowest BCUT2D eigenvalue weighted by molar-refractivity contribution is -0.142. The van der Waals surface area contributed by atoms with Gasteiger partial charge in [0.25, 0.3) is 0 Å². The molecular formula is C10H13ClF3N3. The van der Waals surface area contributed by atoms with Crippen molar-refractivity contribution in [1.29, 1.82) is 0 Å². The summed E-state index contributed by atoms with van der Waals surface area (Å²) in [6.45, 7) is 2.69. The summed E-state index contributed by atoms with van der Waals surface area (Å²) < 4.78 is 38.3. The maximum absolute atomic E-state index is 12.8. The minimum absolute atomic E-state index is 0. The molecule has 0 fully saturated rings. The summed E-state index contributed by atoms with van der Waals surface area (Å²) in [7, 11) is 0. The molecule has 2 rings (SSSR count). The summed E-state index contributed by atoms with van der Waals surface area (Å²) in [6, 6.07) is 0. The molecule has 0 atom stereocenters. The van der Waals surface area contributed by atoms with Gasteiger partial charge in [0.15, 0.2) is 5.69 Å². The summed E-state index contributed by atoms with van der Waals surface area (Å²) in [4.78, 5) is 7.74. The minimum Gasteiger partial charge on any atom is -0.311 e. The molecular weight excluding hydrogens is 255 g/mol. The Morgan fingerprint density at radius 2 is 2.00 bits per heavy atom. The number of hydrogen-bond donors (Lipinski definition) is 1. The van der Waals surface area contributed by atoms with E-state index >= 15 is 0 Å². The Morgan fingerprint density at radius 1 is 1.29 bits per heavy atom. The zero-order valence-electron chi connectivity index (χ0n) is 9.26. The van der Waals surface area contributed by atoms with Crippen LogP contribution in [-0.2, 0) is 25.6 Å². The van der Waals surface area contributed by atoms with Crippen LogP contribution < -0.4 is 5.32 Å². The van der Waals surface area contributed by atoms with E-state index in [1.165, 1.54) is 0 Å². The highest BCUT2D eigenvalue weighted by Crippen LogP contribution is 2.32. The highest BCUT2D eigenvalue weighted by atomic mass is 35.5. The van der Waals surface area contributed by atoms with E-state index in [-0.39, 0.29) is 23.8 Å². The van der Waals surface area contributed by atoms with Crippen molar-refractivity contribution >= 4 is 12.4 Å². The third-order valence-electron chi connectivity index (χ3n) is 2.57. The van der Waals surface area contributed by atoms with Crippen LogP contribution in [-0.4, -0.2) is 16.5 Å². The normalized spacial score (nSPS) is 15.1. The van der Waals surface area contributed by atoms with Crippen molar-refractivity contribution in [1.82, 2.24) is 15.3 Å². The number of fused-ring (bicyclic) bond motifs is 1. The fourth-order valence-corrected chi connectivity index (χ4v) is 1.80. The summed E-state index contributed by atoms with van der Waals surface area (Å²) in [5.41, 5.74) is -0.00951. The topological polar surface area (TPSA) is 37.8 Å². The average Bonchev–Trinajstić information content (AvgIpc) is 2.26. The molecule has 0 saturated carbocycles. The van der Waals surface area contributed by atoms with Crippen molar-refractivity contribution in [2.45, 2.75) is 32.5 Å². The number of aromatic nitrogens is 2. The first-order chi connectivity index (χ1) is 7.52. The van der Waals surface area contributed by atoms with Gasteiger partial charge in [0.1, 0.15) is 5.82 Å². The molecule has 0 bridgehead atoms. The quantitative estimate of drug-likeness (QED) is 0.847. The van der Waals surface area contributed by atoms with Gasteiger partial charge in [0, 0.05) is 18.5 Å². The van der Waals surface area contributed by atoms with E-state index in [0.29, 0.717) is 31.6 Å². The van der Waals surface area contributed by atoms with Gasteiger partial charge >= 0.3 is 6.18 Å².